The van der Waals surface area contributed by atoms with Gasteiger partial charge in [0.15, 0.2) is 0 Å². The van der Waals surface area contributed by atoms with E-state index in [0.29, 0.717) is 44.3 Å². The molecule has 1 fully saturated rings. The third-order valence-electron chi connectivity index (χ3n) is 3.80. The number of nitrogens with zero attached hydrogens (tertiary/aromatic N) is 1. The number of urea groups is 1. The van der Waals surface area contributed by atoms with Crippen LogP contribution in [0, 0.1) is 0 Å². The molecule has 1 aliphatic rings. The number of hydrogen-bond donors (Lipinski definition) is 2. The first-order valence-corrected chi connectivity index (χ1v) is 8.42. The highest BCUT2D eigenvalue weighted by Gasteiger charge is 2.18. The second-order valence-electron chi connectivity index (χ2n) is 5.73. The number of cyclic esters (lactones) is 1. The summed E-state index contributed by atoms with van der Waals surface area (Å²) in [5.74, 6) is 1.42. The largest absolute Gasteiger partial charge is 0.486 e. The lowest BCUT2D eigenvalue weighted by atomic mass is 10.3. The zero-order valence-corrected chi connectivity index (χ0v) is 14.3. The van der Waals surface area contributed by atoms with E-state index in [1.165, 1.54) is 0 Å². The van der Waals surface area contributed by atoms with Crippen LogP contribution in [0.25, 0.3) is 0 Å². The van der Waals surface area contributed by atoms with Crippen molar-refractivity contribution >= 4 is 17.8 Å². The van der Waals surface area contributed by atoms with E-state index in [1.54, 1.807) is 41.5 Å². The van der Waals surface area contributed by atoms with Gasteiger partial charge in [-0.05, 0) is 42.8 Å². The third-order valence-corrected chi connectivity index (χ3v) is 3.80. The predicted molar refractivity (Wildman–Crippen MR) is 94.0 cm³/mol. The molecule has 1 saturated heterocycles. The van der Waals surface area contributed by atoms with Gasteiger partial charge in [-0.3, -0.25) is 0 Å². The fraction of sp³-hybridized carbons (Fsp3) is 0.333. The number of ether oxygens (including phenoxy) is 2. The summed E-state index contributed by atoms with van der Waals surface area (Å²) in [6.07, 6.45) is 2.08. The predicted octanol–water partition coefficient (Wildman–Crippen LogP) is 2.82. The number of nitrogens with one attached hydrogen (secondary N) is 2. The molecule has 3 rings (SSSR count). The molecule has 0 unspecified atom stereocenters. The Bertz CT molecular complexity index is 715. The summed E-state index contributed by atoms with van der Waals surface area (Å²) in [6.45, 7) is 2.24. The average molecular weight is 359 g/mol. The maximum atomic E-state index is 11.9. The molecule has 1 aromatic carbocycles. The standard InChI is InChI=1S/C18H21N3O5/c22-17(19-8-10-21-9-2-12-25-18(21)23)20-14-4-6-15(7-5-14)26-13-16-3-1-11-24-16/h1,3-7,11H,2,8-10,12-13H2,(H2,19,20,22). The van der Waals surface area contributed by atoms with Crippen molar-refractivity contribution in [3.05, 3.63) is 48.4 Å². The maximum Gasteiger partial charge on any atom is 0.409 e. The van der Waals surface area contributed by atoms with Crippen LogP contribution in [0.1, 0.15) is 12.2 Å². The second kappa shape index (κ2) is 8.80. The van der Waals surface area contributed by atoms with Crippen molar-refractivity contribution in [2.45, 2.75) is 13.0 Å². The van der Waals surface area contributed by atoms with E-state index in [1.807, 2.05) is 6.07 Å². The Labute approximate surface area is 151 Å². The van der Waals surface area contributed by atoms with Crippen LogP contribution in [-0.2, 0) is 11.3 Å². The Morgan fingerprint density at radius 2 is 2.08 bits per heavy atom. The Morgan fingerprint density at radius 1 is 1.23 bits per heavy atom. The van der Waals surface area contributed by atoms with E-state index in [9.17, 15) is 9.59 Å². The molecule has 1 aliphatic heterocycles. The van der Waals surface area contributed by atoms with Gasteiger partial charge in [0, 0.05) is 25.3 Å². The quantitative estimate of drug-likeness (QED) is 0.793. The highest BCUT2D eigenvalue weighted by molar-refractivity contribution is 5.89. The number of amides is 3. The van der Waals surface area contributed by atoms with Crippen LogP contribution < -0.4 is 15.4 Å². The van der Waals surface area contributed by atoms with Crippen molar-refractivity contribution in [2.75, 3.05) is 31.6 Å². The van der Waals surface area contributed by atoms with Gasteiger partial charge in [0.1, 0.15) is 18.1 Å². The number of furan rings is 1. The van der Waals surface area contributed by atoms with Crippen molar-refractivity contribution in [1.29, 1.82) is 0 Å². The minimum Gasteiger partial charge on any atom is -0.486 e. The Kier molecular flexibility index (Phi) is 5.97. The molecule has 26 heavy (non-hydrogen) atoms. The lowest BCUT2D eigenvalue weighted by molar-refractivity contribution is 0.0736. The van der Waals surface area contributed by atoms with Crippen molar-refractivity contribution in [1.82, 2.24) is 10.2 Å². The Morgan fingerprint density at radius 3 is 2.81 bits per heavy atom. The first kappa shape index (κ1) is 17.7. The SMILES string of the molecule is O=C(NCCN1CCCOC1=O)Nc1ccc(OCc2ccco2)cc1. The number of benzene rings is 1. The summed E-state index contributed by atoms with van der Waals surface area (Å²) < 4.78 is 15.7. The molecule has 3 amide bonds. The molecule has 2 heterocycles. The Hall–Kier alpha value is -3.16. The lowest BCUT2D eigenvalue weighted by Crippen LogP contribution is -2.43. The molecule has 0 saturated carbocycles. The van der Waals surface area contributed by atoms with Gasteiger partial charge in [-0.25, -0.2) is 9.59 Å². The molecule has 0 atom stereocenters. The highest BCUT2D eigenvalue weighted by atomic mass is 16.6. The van der Waals surface area contributed by atoms with E-state index < -0.39 is 0 Å². The summed E-state index contributed by atoms with van der Waals surface area (Å²) in [4.78, 5) is 25.0. The average Bonchev–Trinajstić information content (AvgIpc) is 3.16. The second-order valence-corrected chi connectivity index (χ2v) is 5.73. The number of rotatable bonds is 7. The molecule has 0 aliphatic carbocycles. The molecule has 8 heteroatoms. The van der Waals surface area contributed by atoms with Crippen molar-refractivity contribution in [2.24, 2.45) is 0 Å². The van der Waals surface area contributed by atoms with Gasteiger partial charge in [0.2, 0.25) is 0 Å². The molecule has 1 aromatic heterocycles. The molecule has 0 radical (unpaired) electrons. The minimum absolute atomic E-state index is 0.330. The monoisotopic (exact) mass is 359 g/mol. The number of hydrogen-bond acceptors (Lipinski definition) is 5. The van der Waals surface area contributed by atoms with E-state index >= 15 is 0 Å². The van der Waals surface area contributed by atoms with Gasteiger partial charge in [-0.1, -0.05) is 0 Å². The summed E-state index contributed by atoms with van der Waals surface area (Å²) in [5, 5.41) is 5.44. The van der Waals surface area contributed by atoms with Crippen molar-refractivity contribution < 1.29 is 23.5 Å². The molecule has 138 valence electrons. The molecule has 2 aromatic rings. The lowest BCUT2D eigenvalue weighted by Gasteiger charge is -2.26. The molecular formula is C18H21N3O5. The van der Waals surface area contributed by atoms with Crippen LogP contribution in [0.15, 0.2) is 47.1 Å². The maximum absolute atomic E-state index is 11.9. The van der Waals surface area contributed by atoms with Gasteiger partial charge in [-0.2, -0.15) is 0 Å². The summed E-state index contributed by atoms with van der Waals surface area (Å²) in [7, 11) is 0. The number of anilines is 1. The van der Waals surface area contributed by atoms with Gasteiger partial charge < -0.3 is 29.4 Å². The summed E-state index contributed by atoms with van der Waals surface area (Å²) >= 11 is 0. The van der Waals surface area contributed by atoms with Gasteiger partial charge >= 0.3 is 12.1 Å². The smallest absolute Gasteiger partial charge is 0.409 e. The van der Waals surface area contributed by atoms with Crippen LogP contribution in [0.2, 0.25) is 0 Å². The fourth-order valence-corrected chi connectivity index (χ4v) is 2.46. The first-order chi connectivity index (χ1) is 12.7. The zero-order valence-electron chi connectivity index (χ0n) is 14.3. The van der Waals surface area contributed by atoms with E-state index in [-0.39, 0.29) is 12.1 Å². The van der Waals surface area contributed by atoms with E-state index in [4.69, 9.17) is 13.9 Å². The number of carbonyl (C=O) groups excluding carboxylic acids is 2. The zero-order chi connectivity index (χ0) is 18.2. The topological polar surface area (TPSA) is 93.0 Å². The van der Waals surface area contributed by atoms with Gasteiger partial charge in [0.05, 0.1) is 12.9 Å². The van der Waals surface area contributed by atoms with Crippen LogP contribution >= 0.6 is 0 Å². The summed E-state index contributed by atoms with van der Waals surface area (Å²) in [6, 6.07) is 10.3. The number of carbonyl (C=O) groups is 2. The normalized spacial score (nSPS) is 13.8. The first-order valence-electron chi connectivity index (χ1n) is 8.42. The molecule has 2 N–H and O–H groups in total. The highest BCUT2D eigenvalue weighted by Crippen LogP contribution is 2.17. The van der Waals surface area contributed by atoms with E-state index in [0.717, 1.165) is 12.2 Å². The van der Waals surface area contributed by atoms with Crippen LogP contribution in [0.5, 0.6) is 5.75 Å². The molecule has 0 spiro atoms. The molecule has 8 nitrogen and oxygen atoms in total. The minimum atomic E-state index is -0.334. The third kappa shape index (κ3) is 5.17. The van der Waals surface area contributed by atoms with Crippen LogP contribution in [0.4, 0.5) is 15.3 Å². The van der Waals surface area contributed by atoms with E-state index in [2.05, 4.69) is 10.6 Å². The van der Waals surface area contributed by atoms with Gasteiger partial charge in [-0.15, -0.1) is 0 Å². The van der Waals surface area contributed by atoms with Crippen LogP contribution in [0.3, 0.4) is 0 Å². The van der Waals surface area contributed by atoms with Gasteiger partial charge in [0.25, 0.3) is 0 Å². The Balaban J connectivity index is 1.37. The molecular weight excluding hydrogens is 338 g/mol. The summed E-state index contributed by atoms with van der Waals surface area (Å²) in [5.41, 5.74) is 0.644. The molecule has 0 bridgehead atoms. The van der Waals surface area contributed by atoms with Crippen molar-refractivity contribution in [3.63, 3.8) is 0 Å². The fourth-order valence-electron chi connectivity index (χ4n) is 2.46. The van der Waals surface area contributed by atoms with Crippen molar-refractivity contribution in [3.8, 4) is 5.75 Å². The van der Waals surface area contributed by atoms with Crippen LogP contribution in [-0.4, -0.2) is 43.3 Å².